The fourth-order valence-corrected chi connectivity index (χ4v) is 3.11. The topological polar surface area (TPSA) is 29.3 Å². The van der Waals surface area contributed by atoms with E-state index in [0.717, 1.165) is 42.6 Å². The summed E-state index contributed by atoms with van der Waals surface area (Å²) in [6, 6.07) is 5.65. The number of rotatable bonds is 4. The first-order chi connectivity index (χ1) is 9.47. The monoisotopic (exact) mass is 278 g/mol. The molecule has 1 aliphatic heterocycles. The molecule has 112 valence electrons. The largest absolute Gasteiger partial charge is 0.369 e. The van der Waals surface area contributed by atoms with Crippen LogP contribution in [0.15, 0.2) is 18.2 Å². The van der Waals surface area contributed by atoms with E-state index in [1.54, 1.807) is 6.07 Å². The molecule has 20 heavy (non-hydrogen) atoms. The molecular formula is C17H27FN2. The number of halogens is 1. The highest BCUT2D eigenvalue weighted by atomic mass is 19.1. The molecular weight excluding hydrogens is 251 g/mol. The van der Waals surface area contributed by atoms with E-state index < -0.39 is 0 Å². The second-order valence-electron chi connectivity index (χ2n) is 6.54. The Bertz CT molecular complexity index is 435. The van der Waals surface area contributed by atoms with Gasteiger partial charge in [-0.2, -0.15) is 0 Å². The van der Waals surface area contributed by atoms with Crippen LogP contribution in [-0.2, 0) is 6.42 Å². The van der Waals surface area contributed by atoms with E-state index in [1.165, 1.54) is 12.8 Å². The van der Waals surface area contributed by atoms with Crippen LogP contribution in [0.25, 0.3) is 0 Å². The van der Waals surface area contributed by atoms with Crippen molar-refractivity contribution in [2.24, 2.45) is 17.6 Å². The Labute approximate surface area is 122 Å². The van der Waals surface area contributed by atoms with Crippen LogP contribution in [0.3, 0.4) is 0 Å². The molecule has 0 radical (unpaired) electrons. The number of nitrogens with two attached hydrogens (primary N) is 1. The van der Waals surface area contributed by atoms with Gasteiger partial charge in [-0.15, -0.1) is 0 Å². The molecule has 1 aromatic rings. The van der Waals surface area contributed by atoms with E-state index in [-0.39, 0.29) is 11.9 Å². The molecule has 0 aromatic heterocycles. The van der Waals surface area contributed by atoms with Crippen LogP contribution >= 0.6 is 0 Å². The van der Waals surface area contributed by atoms with Crippen molar-refractivity contribution in [1.82, 2.24) is 0 Å². The summed E-state index contributed by atoms with van der Waals surface area (Å²) in [6.07, 6.45) is 3.06. The first kappa shape index (κ1) is 15.3. The van der Waals surface area contributed by atoms with E-state index in [0.29, 0.717) is 0 Å². The fraction of sp³-hybridized carbons (Fsp3) is 0.647. The third kappa shape index (κ3) is 3.72. The number of anilines is 1. The number of benzene rings is 1. The first-order valence-electron chi connectivity index (χ1n) is 7.76. The van der Waals surface area contributed by atoms with Crippen LogP contribution in [0.4, 0.5) is 10.1 Å². The van der Waals surface area contributed by atoms with Gasteiger partial charge in [-0.1, -0.05) is 19.9 Å². The fourth-order valence-electron chi connectivity index (χ4n) is 3.11. The standard InChI is InChI=1S/C17H27FN2/c1-12(2)15-6-8-20(9-7-15)17-5-4-14(10-13(3)19)11-16(17)18/h4-5,11-13,15H,6-10,19H2,1-3H3. The summed E-state index contributed by atoms with van der Waals surface area (Å²) >= 11 is 0. The molecule has 1 aromatic carbocycles. The van der Waals surface area contributed by atoms with Gasteiger partial charge in [-0.05, 0) is 55.7 Å². The minimum Gasteiger partial charge on any atom is -0.369 e. The number of hydrogen-bond donors (Lipinski definition) is 1. The van der Waals surface area contributed by atoms with Gasteiger partial charge in [-0.3, -0.25) is 0 Å². The highest BCUT2D eigenvalue weighted by Gasteiger charge is 2.23. The Morgan fingerprint density at radius 2 is 1.90 bits per heavy atom. The SMILES string of the molecule is CC(N)Cc1ccc(N2CCC(C(C)C)CC2)c(F)c1. The van der Waals surface area contributed by atoms with E-state index in [9.17, 15) is 4.39 Å². The molecule has 1 fully saturated rings. The molecule has 1 unspecified atom stereocenters. The van der Waals surface area contributed by atoms with Gasteiger partial charge >= 0.3 is 0 Å². The number of hydrogen-bond acceptors (Lipinski definition) is 2. The highest BCUT2D eigenvalue weighted by molar-refractivity contribution is 5.49. The minimum atomic E-state index is -0.105. The van der Waals surface area contributed by atoms with Crippen molar-refractivity contribution in [3.63, 3.8) is 0 Å². The predicted molar refractivity (Wildman–Crippen MR) is 83.5 cm³/mol. The quantitative estimate of drug-likeness (QED) is 0.912. The Hall–Kier alpha value is -1.09. The van der Waals surface area contributed by atoms with Crippen LogP contribution in [0.5, 0.6) is 0 Å². The maximum Gasteiger partial charge on any atom is 0.146 e. The number of piperidine rings is 1. The van der Waals surface area contributed by atoms with Gasteiger partial charge in [-0.25, -0.2) is 4.39 Å². The molecule has 0 amide bonds. The summed E-state index contributed by atoms with van der Waals surface area (Å²) in [4.78, 5) is 2.18. The van der Waals surface area contributed by atoms with Gasteiger partial charge in [0.05, 0.1) is 5.69 Å². The van der Waals surface area contributed by atoms with Gasteiger partial charge in [0.1, 0.15) is 5.82 Å². The normalized spacial score (nSPS) is 18.6. The maximum absolute atomic E-state index is 14.3. The summed E-state index contributed by atoms with van der Waals surface area (Å²) < 4.78 is 14.3. The molecule has 0 saturated carbocycles. The summed E-state index contributed by atoms with van der Waals surface area (Å²) in [5.74, 6) is 1.41. The van der Waals surface area contributed by atoms with E-state index in [1.807, 2.05) is 19.1 Å². The van der Waals surface area contributed by atoms with Crippen molar-refractivity contribution in [2.75, 3.05) is 18.0 Å². The molecule has 0 aliphatic carbocycles. The molecule has 1 saturated heterocycles. The third-order valence-corrected chi connectivity index (χ3v) is 4.39. The molecule has 0 spiro atoms. The van der Waals surface area contributed by atoms with Gasteiger partial charge in [0.2, 0.25) is 0 Å². The van der Waals surface area contributed by atoms with Crippen molar-refractivity contribution >= 4 is 5.69 Å². The molecule has 3 heteroatoms. The van der Waals surface area contributed by atoms with E-state index in [4.69, 9.17) is 5.73 Å². The smallest absolute Gasteiger partial charge is 0.146 e. The zero-order valence-corrected chi connectivity index (χ0v) is 12.9. The Morgan fingerprint density at radius 3 is 2.40 bits per heavy atom. The Morgan fingerprint density at radius 1 is 1.25 bits per heavy atom. The van der Waals surface area contributed by atoms with Gasteiger partial charge in [0.25, 0.3) is 0 Å². The van der Waals surface area contributed by atoms with Crippen molar-refractivity contribution in [1.29, 1.82) is 0 Å². The lowest BCUT2D eigenvalue weighted by Gasteiger charge is -2.35. The Kier molecular flexibility index (Phi) is 5.03. The van der Waals surface area contributed by atoms with Crippen molar-refractivity contribution in [2.45, 2.75) is 46.1 Å². The lowest BCUT2D eigenvalue weighted by Crippen LogP contribution is -2.35. The molecule has 1 heterocycles. The maximum atomic E-state index is 14.3. The zero-order chi connectivity index (χ0) is 14.7. The second kappa shape index (κ2) is 6.57. The molecule has 0 bridgehead atoms. The zero-order valence-electron chi connectivity index (χ0n) is 12.9. The second-order valence-corrected chi connectivity index (χ2v) is 6.54. The Balaban J connectivity index is 2.03. The van der Waals surface area contributed by atoms with Crippen molar-refractivity contribution in [3.8, 4) is 0 Å². The van der Waals surface area contributed by atoms with Crippen molar-refractivity contribution < 1.29 is 4.39 Å². The summed E-state index contributed by atoms with van der Waals surface area (Å²) in [7, 11) is 0. The molecule has 2 N–H and O–H groups in total. The van der Waals surface area contributed by atoms with Crippen LogP contribution < -0.4 is 10.6 Å². The third-order valence-electron chi connectivity index (χ3n) is 4.39. The van der Waals surface area contributed by atoms with E-state index in [2.05, 4.69) is 18.7 Å². The summed E-state index contributed by atoms with van der Waals surface area (Å²) in [5, 5.41) is 0. The number of nitrogens with zero attached hydrogens (tertiary/aromatic N) is 1. The summed E-state index contributed by atoms with van der Waals surface area (Å²) in [5.41, 5.74) is 7.50. The van der Waals surface area contributed by atoms with Crippen LogP contribution in [0.1, 0.15) is 39.2 Å². The van der Waals surface area contributed by atoms with Crippen LogP contribution in [0.2, 0.25) is 0 Å². The van der Waals surface area contributed by atoms with E-state index >= 15 is 0 Å². The van der Waals surface area contributed by atoms with Gasteiger partial charge in [0.15, 0.2) is 0 Å². The highest BCUT2D eigenvalue weighted by Crippen LogP contribution is 2.29. The summed E-state index contributed by atoms with van der Waals surface area (Å²) in [6.45, 7) is 8.44. The molecule has 2 rings (SSSR count). The lowest BCUT2D eigenvalue weighted by atomic mass is 9.86. The lowest BCUT2D eigenvalue weighted by molar-refractivity contribution is 0.310. The van der Waals surface area contributed by atoms with Crippen LogP contribution in [-0.4, -0.2) is 19.1 Å². The molecule has 1 aliphatic rings. The molecule has 1 atom stereocenters. The minimum absolute atomic E-state index is 0.0713. The molecule has 2 nitrogen and oxygen atoms in total. The average Bonchev–Trinajstić information content (AvgIpc) is 2.38. The first-order valence-corrected chi connectivity index (χ1v) is 7.76. The van der Waals surface area contributed by atoms with Crippen molar-refractivity contribution in [3.05, 3.63) is 29.6 Å². The van der Waals surface area contributed by atoms with Crippen LogP contribution in [0, 0.1) is 17.7 Å². The predicted octanol–water partition coefficient (Wildman–Crippen LogP) is 3.59. The van der Waals surface area contributed by atoms with Gasteiger partial charge < -0.3 is 10.6 Å². The average molecular weight is 278 g/mol. The van der Waals surface area contributed by atoms with Gasteiger partial charge in [0, 0.05) is 19.1 Å².